The lowest BCUT2D eigenvalue weighted by atomic mass is 9.87. The fourth-order valence-electron chi connectivity index (χ4n) is 1.71. The van der Waals surface area contributed by atoms with Gasteiger partial charge in [0.15, 0.2) is 0 Å². The predicted octanol–water partition coefficient (Wildman–Crippen LogP) is 1.51. The van der Waals surface area contributed by atoms with Crippen molar-refractivity contribution in [1.82, 2.24) is 0 Å². The fourth-order valence-corrected chi connectivity index (χ4v) is 1.71. The largest absolute Gasteiger partial charge is 0.236 e. The minimum Gasteiger partial charge on any atom is -0.236 e. The van der Waals surface area contributed by atoms with Gasteiger partial charge in [0.05, 0.1) is 12.7 Å². The maximum Gasteiger partial charge on any atom is 0.0933 e. The van der Waals surface area contributed by atoms with E-state index in [4.69, 9.17) is 9.78 Å². The molecule has 1 saturated carbocycles. The highest BCUT2D eigenvalue weighted by molar-refractivity contribution is 4.73. The summed E-state index contributed by atoms with van der Waals surface area (Å²) in [6.45, 7) is 0.830. The van der Waals surface area contributed by atoms with Gasteiger partial charge in [0, 0.05) is 0 Å². The average Bonchev–Trinajstić information content (AvgIpc) is 1.88. The molecule has 0 radical (unpaired) electrons. The summed E-state index contributed by atoms with van der Waals surface area (Å²) in [5.74, 6) is 0.803. The molecular weight excluding hydrogens is 116 g/mol. The fraction of sp³-hybridized carbons (Fsp3) is 1.00. The van der Waals surface area contributed by atoms with Crippen LogP contribution in [0.4, 0.5) is 0 Å². The third kappa shape index (κ3) is 1.10. The SMILES string of the molecule is C1C[C@@H]2COO[C@@H](C1)C2. The van der Waals surface area contributed by atoms with E-state index in [1.807, 2.05) is 0 Å². The van der Waals surface area contributed by atoms with E-state index in [-0.39, 0.29) is 0 Å². The van der Waals surface area contributed by atoms with Crippen molar-refractivity contribution >= 4 is 0 Å². The molecular formula is C7H12O2. The minimum atomic E-state index is 0.428. The van der Waals surface area contributed by atoms with Crippen molar-refractivity contribution in [2.75, 3.05) is 6.61 Å². The van der Waals surface area contributed by atoms with Gasteiger partial charge in [-0.2, -0.15) is 0 Å². The average molecular weight is 128 g/mol. The van der Waals surface area contributed by atoms with Gasteiger partial charge in [-0.15, -0.1) is 0 Å². The molecule has 52 valence electrons. The Balaban J connectivity index is 1.96. The van der Waals surface area contributed by atoms with Crippen molar-refractivity contribution in [2.24, 2.45) is 5.92 Å². The van der Waals surface area contributed by atoms with Crippen LogP contribution in [-0.4, -0.2) is 12.7 Å². The molecule has 2 atom stereocenters. The van der Waals surface area contributed by atoms with E-state index in [0.717, 1.165) is 12.5 Å². The Hall–Kier alpha value is -0.0800. The van der Waals surface area contributed by atoms with Crippen molar-refractivity contribution in [3.8, 4) is 0 Å². The van der Waals surface area contributed by atoms with Gasteiger partial charge in [-0.25, -0.2) is 9.78 Å². The van der Waals surface area contributed by atoms with Crippen molar-refractivity contribution in [1.29, 1.82) is 0 Å². The third-order valence-corrected chi connectivity index (χ3v) is 2.24. The third-order valence-electron chi connectivity index (χ3n) is 2.24. The number of rotatable bonds is 0. The first kappa shape index (κ1) is 5.69. The molecule has 1 heterocycles. The van der Waals surface area contributed by atoms with E-state index in [1.54, 1.807) is 0 Å². The molecule has 2 nitrogen and oxygen atoms in total. The highest BCUT2D eigenvalue weighted by Gasteiger charge is 2.27. The highest BCUT2D eigenvalue weighted by atomic mass is 17.2. The van der Waals surface area contributed by atoms with Crippen LogP contribution in [0.1, 0.15) is 25.7 Å². The van der Waals surface area contributed by atoms with E-state index in [1.165, 1.54) is 25.7 Å². The molecule has 0 aromatic carbocycles. The first-order chi connectivity index (χ1) is 4.45. The van der Waals surface area contributed by atoms with Crippen LogP contribution in [0.15, 0.2) is 0 Å². The Morgan fingerprint density at radius 2 is 2.22 bits per heavy atom. The summed E-state index contributed by atoms with van der Waals surface area (Å²) in [6.07, 6.45) is 5.55. The van der Waals surface area contributed by atoms with Gasteiger partial charge in [-0.1, -0.05) is 6.42 Å². The van der Waals surface area contributed by atoms with Gasteiger partial charge in [-0.3, -0.25) is 0 Å². The lowest BCUT2D eigenvalue weighted by Gasteiger charge is -2.32. The van der Waals surface area contributed by atoms with Crippen LogP contribution in [0, 0.1) is 5.92 Å². The molecule has 2 rings (SSSR count). The zero-order valence-corrected chi connectivity index (χ0v) is 5.51. The van der Waals surface area contributed by atoms with E-state index in [0.29, 0.717) is 6.10 Å². The summed E-state index contributed by atoms with van der Waals surface area (Å²) >= 11 is 0. The van der Waals surface area contributed by atoms with Gasteiger partial charge < -0.3 is 0 Å². The van der Waals surface area contributed by atoms with Crippen LogP contribution >= 0.6 is 0 Å². The molecule has 2 aliphatic rings. The molecule has 2 bridgehead atoms. The Bertz CT molecular complexity index is 83.1. The maximum atomic E-state index is 5.05. The van der Waals surface area contributed by atoms with Crippen LogP contribution in [-0.2, 0) is 9.78 Å². The second kappa shape index (κ2) is 2.27. The summed E-state index contributed by atoms with van der Waals surface area (Å²) in [5, 5.41) is 0. The molecule has 0 aromatic heterocycles. The van der Waals surface area contributed by atoms with Gasteiger partial charge >= 0.3 is 0 Å². The molecule has 0 unspecified atom stereocenters. The molecule has 0 amide bonds. The lowest BCUT2D eigenvalue weighted by Crippen LogP contribution is -2.31. The summed E-state index contributed by atoms with van der Waals surface area (Å²) in [4.78, 5) is 9.99. The van der Waals surface area contributed by atoms with Crippen LogP contribution in [0.5, 0.6) is 0 Å². The van der Waals surface area contributed by atoms with Crippen LogP contribution in [0.2, 0.25) is 0 Å². The Morgan fingerprint density at radius 3 is 3.00 bits per heavy atom. The Morgan fingerprint density at radius 1 is 1.22 bits per heavy atom. The van der Waals surface area contributed by atoms with Crippen molar-refractivity contribution < 1.29 is 9.78 Å². The summed E-state index contributed by atoms with van der Waals surface area (Å²) in [6, 6.07) is 0. The number of hydrogen-bond acceptors (Lipinski definition) is 2. The van der Waals surface area contributed by atoms with Crippen molar-refractivity contribution in [3.63, 3.8) is 0 Å². The summed E-state index contributed by atoms with van der Waals surface area (Å²) in [7, 11) is 0. The van der Waals surface area contributed by atoms with Gasteiger partial charge in [0.2, 0.25) is 0 Å². The molecule has 0 aromatic rings. The minimum absolute atomic E-state index is 0.428. The lowest BCUT2D eigenvalue weighted by molar-refractivity contribution is -0.363. The van der Waals surface area contributed by atoms with Crippen molar-refractivity contribution in [2.45, 2.75) is 31.8 Å². The topological polar surface area (TPSA) is 18.5 Å². The zero-order chi connectivity index (χ0) is 6.10. The molecule has 0 N–H and O–H groups in total. The highest BCUT2D eigenvalue weighted by Crippen LogP contribution is 2.30. The maximum absolute atomic E-state index is 5.05. The second-order valence-corrected chi connectivity index (χ2v) is 3.04. The van der Waals surface area contributed by atoms with E-state index < -0.39 is 0 Å². The standard InChI is InChI=1S/C7H12O2/c1-2-6-4-7(3-1)9-8-5-6/h6-7H,1-5H2/t6-,7-/m0/s1. The predicted molar refractivity (Wildman–Crippen MR) is 32.8 cm³/mol. The zero-order valence-electron chi connectivity index (χ0n) is 5.51. The molecule has 9 heavy (non-hydrogen) atoms. The smallest absolute Gasteiger partial charge is 0.0933 e. The number of hydrogen-bond donors (Lipinski definition) is 0. The molecule has 1 aliphatic heterocycles. The van der Waals surface area contributed by atoms with E-state index in [9.17, 15) is 0 Å². The quantitative estimate of drug-likeness (QED) is 0.460. The van der Waals surface area contributed by atoms with Gasteiger partial charge in [-0.05, 0) is 25.2 Å². The summed E-state index contributed by atoms with van der Waals surface area (Å²) in [5.41, 5.74) is 0. The molecule has 1 aliphatic carbocycles. The number of fused-ring (bicyclic) bond motifs is 2. The second-order valence-electron chi connectivity index (χ2n) is 3.04. The molecule has 2 fully saturated rings. The molecule has 1 saturated heterocycles. The van der Waals surface area contributed by atoms with E-state index in [2.05, 4.69) is 0 Å². The monoisotopic (exact) mass is 128 g/mol. The normalized spacial score (nSPS) is 42.7. The van der Waals surface area contributed by atoms with Crippen LogP contribution < -0.4 is 0 Å². The molecule has 0 spiro atoms. The first-order valence-corrected chi connectivity index (χ1v) is 3.73. The van der Waals surface area contributed by atoms with E-state index >= 15 is 0 Å². The Kier molecular flexibility index (Phi) is 1.44. The summed E-state index contributed by atoms with van der Waals surface area (Å²) < 4.78 is 0. The van der Waals surface area contributed by atoms with Crippen LogP contribution in [0.3, 0.4) is 0 Å². The Labute approximate surface area is 55.1 Å². The van der Waals surface area contributed by atoms with Gasteiger partial charge in [0.25, 0.3) is 0 Å². The van der Waals surface area contributed by atoms with Crippen LogP contribution in [0.25, 0.3) is 0 Å². The molecule has 2 heteroatoms. The first-order valence-electron chi connectivity index (χ1n) is 3.73. The van der Waals surface area contributed by atoms with Gasteiger partial charge in [0.1, 0.15) is 0 Å². The van der Waals surface area contributed by atoms with Crippen molar-refractivity contribution in [3.05, 3.63) is 0 Å².